The fourth-order valence-electron chi connectivity index (χ4n) is 1.70. The number of carbonyl (C=O) groups excluding carboxylic acids is 2. The molecule has 0 spiro atoms. The van der Waals surface area contributed by atoms with Crippen molar-refractivity contribution in [3.63, 3.8) is 0 Å². The lowest BCUT2D eigenvalue weighted by Crippen LogP contribution is -2.51. The van der Waals surface area contributed by atoms with Crippen LogP contribution in [-0.2, 0) is 9.59 Å². The van der Waals surface area contributed by atoms with Crippen LogP contribution in [0.15, 0.2) is 24.3 Å². The molecule has 1 unspecified atom stereocenters. The second-order valence-corrected chi connectivity index (χ2v) is 3.72. The van der Waals surface area contributed by atoms with Crippen LogP contribution in [0.25, 0.3) is 0 Å². The summed E-state index contributed by atoms with van der Waals surface area (Å²) in [6.07, 6.45) is 0. The second kappa shape index (κ2) is 3.92. The summed E-state index contributed by atoms with van der Waals surface area (Å²) in [5.41, 5.74) is 0.201. The maximum atomic E-state index is 13.5. The molecule has 16 heavy (non-hydrogen) atoms. The molecule has 1 atom stereocenters. The quantitative estimate of drug-likeness (QED) is 0.750. The molecular weight excluding hydrogens is 211 g/mol. The molecule has 2 amide bonds. The minimum absolute atomic E-state index is 0.0176. The molecule has 1 saturated heterocycles. The summed E-state index contributed by atoms with van der Waals surface area (Å²) in [5.74, 6) is -1.07. The van der Waals surface area contributed by atoms with E-state index >= 15 is 0 Å². The van der Waals surface area contributed by atoms with E-state index in [-0.39, 0.29) is 23.9 Å². The molecule has 1 aromatic rings. The number of likely N-dealkylation sites (N-methyl/N-ethyl adjacent to an activating group) is 1. The summed E-state index contributed by atoms with van der Waals surface area (Å²) in [4.78, 5) is 24.3. The van der Waals surface area contributed by atoms with Gasteiger partial charge in [-0.15, -0.1) is 0 Å². The fourth-order valence-corrected chi connectivity index (χ4v) is 1.70. The zero-order valence-electron chi connectivity index (χ0n) is 8.74. The highest BCUT2D eigenvalue weighted by Crippen LogP contribution is 2.20. The first-order valence-corrected chi connectivity index (χ1v) is 4.88. The van der Waals surface area contributed by atoms with Gasteiger partial charge in [0, 0.05) is 12.6 Å². The molecule has 2 rings (SSSR count). The predicted molar refractivity (Wildman–Crippen MR) is 54.9 cm³/mol. The molecule has 84 valence electrons. The third-order valence-electron chi connectivity index (χ3n) is 2.53. The van der Waals surface area contributed by atoms with E-state index in [4.69, 9.17) is 0 Å². The minimum atomic E-state index is -0.910. The van der Waals surface area contributed by atoms with Gasteiger partial charge in [-0.1, -0.05) is 18.2 Å². The van der Waals surface area contributed by atoms with Gasteiger partial charge in [0.1, 0.15) is 11.9 Å². The number of hydrogen-bond acceptors (Lipinski definition) is 2. The van der Waals surface area contributed by atoms with E-state index < -0.39 is 11.9 Å². The fraction of sp³-hybridized carbons (Fsp3) is 0.273. The molecule has 1 aromatic carbocycles. The molecule has 0 aromatic heterocycles. The van der Waals surface area contributed by atoms with Crippen molar-refractivity contribution in [2.75, 3.05) is 13.6 Å². The van der Waals surface area contributed by atoms with Gasteiger partial charge in [0.05, 0.1) is 6.54 Å². The molecule has 0 radical (unpaired) electrons. The van der Waals surface area contributed by atoms with Gasteiger partial charge >= 0.3 is 0 Å². The lowest BCUT2D eigenvalue weighted by Gasteiger charge is -2.30. The molecule has 0 saturated carbocycles. The van der Waals surface area contributed by atoms with Crippen LogP contribution in [0.5, 0.6) is 0 Å². The Morgan fingerprint density at radius 3 is 2.75 bits per heavy atom. The van der Waals surface area contributed by atoms with Crippen LogP contribution in [0.2, 0.25) is 0 Å². The van der Waals surface area contributed by atoms with Crippen molar-refractivity contribution in [1.82, 2.24) is 10.2 Å². The average molecular weight is 222 g/mol. The van der Waals surface area contributed by atoms with Gasteiger partial charge in [-0.25, -0.2) is 4.39 Å². The van der Waals surface area contributed by atoms with Crippen molar-refractivity contribution in [1.29, 1.82) is 0 Å². The number of carbonyl (C=O) groups is 2. The number of rotatable bonds is 1. The molecule has 1 heterocycles. The van der Waals surface area contributed by atoms with E-state index in [1.165, 1.54) is 30.1 Å². The average Bonchev–Trinajstić information content (AvgIpc) is 2.24. The third-order valence-corrected chi connectivity index (χ3v) is 2.53. The predicted octanol–water partition coefficient (Wildman–Crippen LogP) is 0.455. The minimum Gasteiger partial charge on any atom is -0.339 e. The van der Waals surface area contributed by atoms with E-state index in [9.17, 15) is 14.0 Å². The van der Waals surface area contributed by atoms with E-state index in [1.807, 2.05) is 0 Å². The van der Waals surface area contributed by atoms with Crippen molar-refractivity contribution in [2.24, 2.45) is 0 Å². The number of hydrogen-bond donors (Lipinski definition) is 1. The lowest BCUT2D eigenvalue weighted by molar-refractivity contribution is -0.143. The molecule has 0 bridgehead atoms. The van der Waals surface area contributed by atoms with Crippen LogP contribution < -0.4 is 5.32 Å². The van der Waals surface area contributed by atoms with Crippen LogP contribution in [0, 0.1) is 5.82 Å². The molecule has 1 fully saturated rings. The Morgan fingerprint density at radius 1 is 1.38 bits per heavy atom. The van der Waals surface area contributed by atoms with E-state index in [2.05, 4.69) is 5.32 Å². The molecule has 1 N–H and O–H groups in total. The maximum Gasteiger partial charge on any atom is 0.250 e. The van der Waals surface area contributed by atoms with E-state index in [1.54, 1.807) is 6.07 Å². The van der Waals surface area contributed by atoms with Crippen LogP contribution in [0.4, 0.5) is 4.39 Å². The molecule has 5 heteroatoms. The highest BCUT2D eigenvalue weighted by atomic mass is 19.1. The SMILES string of the molecule is CN1CC(=O)NC(c2ccccc2F)C1=O. The Kier molecular flexibility index (Phi) is 2.60. The Hall–Kier alpha value is -1.91. The summed E-state index contributed by atoms with van der Waals surface area (Å²) < 4.78 is 13.5. The van der Waals surface area contributed by atoms with Crippen molar-refractivity contribution in [3.05, 3.63) is 35.6 Å². The largest absolute Gasteiger partial charge is 0.339 e. The molecular formula is C11H11FN2O2. The highest BCUT2D eigenvalue weighted by molar-refractivity contribution is 5.95. The monoisotopic (exact) mass is 222 g/mol. The van der Waals surface area contributed by atoms with Crippen molar-refractivity contribution in [3.8, 4) is 0 Å². The summed E-state index contributed by atoms with van der Waals surface area (Å²) in [5, 5.41) is 2.48. The van der Waals surface area contributed by atoms with Crippen molar-refractivity contribution >= 4 is 11.8 Å². The number of nitrogens with zero attached hydrogens (tertiary/aromatic N) is 1. The number of amides is 2. The van der Waals surface area contributed by atoms with Crippen LogP contribution >= 0.6 is 0 Å². The highest BCUT2D eigenvalue weighted by Gasteiger charge is 2.32. The lowest BCUT2D eigenvalue weighted by atomic mass is 10.0. The molecule has 0 aliphatic carbocycles. The van der Waals surface area contributed by atoms with Crippen molar-refractivity contribution < 1.29 is 14.0 Å². The Bertz CT molecular complexity index is 447. The topological polar surface area (TPSA) is 49.4 Å². The van der Waals surface area contributed by atoms with Crippen LogP contribution in [0.1, 0.15) is 11.6 Å². The normalized spacial score (nSPS) is 20.9. The van der Waals surface area contributed by atoms with Crippen molar-refractivity contribution in [2.45, 2.75) is 6.04 Å². The van der Waals surface area contributed by atoms with Gasteiger partial charge in [0.2, 0.25) is 11.8 Å². The summed E-state index contributed by atoms with van der Waals surface area (Å²) >= 11 is 0. The molecule has 4 nitrogen and oxygen atoms in total. The number of benzene rings is 1. The van der Waals surface area contributed by atoms with E-state index in [0.717, 1.165) is 0 Å². The Labute approximate surface area is 92.0 Å². The van der Waals surface area contributed by atoms with Gasteiger partial charge in [-0.3, -0.25) is 9.59 Å². The smallest absolute Gasteiger partial charge is 0.250 e. The van der Waals surface area contributed by atoms with Gasteiger partial charge < -0.3 is 10.2 Å². The van der Waals surface area contributed by atoms with Crippen LogP contribution in [-0.4, -0.2) is 30.3 Å². The van der Waals surface area contributed by atoms with E-state index in [0.29, 0.717) is 0 Å². The third kappa shape index (κ3) is 1.76. The molecule has 1 aliphatic heterocycles. The van der Waals surface area contributed by atoms with Gasteiger partial charge in [-0.2, -0.15) is 0 Å². The second-order valence-electron chi connectivity index (χ2n) is 3.72. The first kappa shape index (κ1) is 10.6. The maximum absolute atomic E-state index is 13.5. The Morgan fingerprint density at radius 2 is 2.06 bits per heavy atom. The Balaban J connectivity index is 2.36. The zero-order chi connectivity index (χ0) is 11.7. The van der Waals surface area contributed by atoms with Gasteiger partial charge in [0.15, 0.2) is 0 Å². The summed E-state index contributed by atoms with van der Waals surface area (Å²) in [7, 11) is 1.52. The first-order valence-electron chi connectivity index (χ1n) is 4.88. The van der Waals surface area contributed by atoms with Gasteiger partial charge in [0.25, 0.3) is 0 Å². The summed E-state index contributed by atoms with van der Waals surface area (Å²) in [6.45, 7) is 0.0176. The van der Waals surface area contributed by atoms with Crippen LogP contribution in [0.3, 0.4) is 0 Å². The zero-order valence-corrected chi connectivity index (χ0v) is 8.74. The number of piperazine rings is 1. The number of nitrogens with one attached hydrogen (secondary N) is 1. The standard InChI is InChI=1S/C11H11FN2O2/c1-14-6-9(15)13-10(11(14)16)7-4-2-3-5-8(7)12/h2-5,10H,6H2,1H3,(H,13,15). The molecule has 1 aliphatic rings. The number of halogens is 1. The first-order chi connectivity index (χ1) is 7.59. The van der Waals surface area contributed by atoms with Gasteiger partial charge in [-0.05, 0) is 6.07 Å². The summed E-state index contributed by atoms with van der Waals surface area (Å²) in [6, 6.07) is 5.03.